The first-order valence-corrected chi connectivity index (χ1v) is 6.85. The second kappa shape index (κ2) is 7.93. The van der Waals surface area contributed by atoms with Crippen molar-refractivity contribution >= 4 is 29.1 Å². The molecule has 0 radical (unpaired) electrons. The van der Waals surface area contributed by atoms with Crippen molar-refractivity contribution in [3.8, 4) is 6.07 Å². The molecule has 3 nitrogen and oxygen atoms in total. The zero-order valence-electron chi connectivity index (χ0n) is 9.69. The number of benzene rings is 1. The molecule has 0 aromatic heterocycles. The largest absolute Gasteiger partial charge is 0.366 e. The molecule has 0 bridgehead atoms. The first-order valence-electron chi connectivity index (χ1n) is 5.29. The summed E-state index contributed by atoms with van der Waals surface area (Å²) in [6.45, 7) is 0.832. The van der Waals surface area contributed by atoms with Gasteiger partial charge in [-0.25, -0.2) is 0 Å². The lowest BCUT2D eigenvalue weighted by molar-refractivity contribution is 0.943. The molecule has 0 saturated heterocycles. The Morgan fingerprint density at radius 3 is 2.94 bits per heavy atom. The minimum Gasteiger partial charge on any atom is -0.366 e. The van der Waals surface area contributed by atoms with Crippen LogP contribution in [0.3, 0.4) is 0 Å². The number of nitrogens with one attached hydrogen (secondary N) is 2. The third-order valence-corrected chi connectivity index (χ3v) is 3.51. The van der Waals surface area contributed by atoms with Gasteiger partial charge in [-0.3, -0.25) is 0 Å². The number of thiocarbonyl (C=S) groups is 1. The molecule has 0 saturated carbocycles. The Morgan fingerprint density at radius 2 is 2.24 bits per heavy atom. The van der Waals surface area contributed by atoms with Gasteiger partial charge >= 0.3 is 0 Å². The maximum Gasteiger partial charge on any atom is 0.166 e. The van der Waals surface area contributed by atoms with E-state index in [9.17, 15) is 0 Å². The summed E-state index contributed by atoms with van der Waals surface area (Å²) in [7, 11) is 1.80. The van der Waals surface area contributed by atoms with Crippen LogP contribution in [-0.4, -0.2) is 24.5 Å². The Kier molecular flexibility index (Phi) is 6.45. The van der Waals surface area contributed by atoms with Gasteiger partial charge in [0.2, 0.25) is 0 Å². The second-order valence-electron chi connectivity index (χ2n) is 3.33. The van der Waals surface area contributed by atoms with Crippen LogP contribution in [0, 0.1) is 11.3 Å². The van der Waals surface area contributed by atoms with Gasteiger partial charge in [-0.2, -0.15) is 17.0 Å². The molecular weight excluding hydrogens is 250 g/mol. The Hall–Kier alpha value is -1.25. The highest BCUT2D eigenvalue weighted by Crippen LogP contribution is 2.15. The summed E-state index contributed by atoms with van der Waals surface area (Å²) in [4.78, 5) is 0. The number of hydrogen-bond donors (Lipinski definition) is 2. The van der Waals surface area contributed by atoms with Crippen molar-refractivity contribution in [1.82, 2.24) is 10.6 Å². The van der Waals surface area contributed by atoms with E-state index in [0.717, 1.165) is 29.2 Å². The predicted molar refractivity (Wildman–Crippen MR) is 77.0 cm³/mol. The molecule has 0 spiro atoms. The number of hydrogen-bond acceptors (Lipinski definition) is 3. The van der Waals surface area contributed by atoms with E-state index in [1.54, 1.807) is 18.8 Å². The van der Waals surface area contributed by atoms with Crippen LogP contribution in [0.2, 0.25) is 0 Å². The quantitative estimate of drug-likeness (QED) is 0.629. The normalized spacial score (nSPS) is 9.41. The van der Waals surface area contributed by atoms with Crippen molar-refractivity contribution in [3.63, 3.8) is 0 Å². The van der Waals surface area contributed by atoms with Crippen LogP contribution in [-0.2, 0) is 5.75 Å². The SMILES string of the molecule is CNC(=S)NCCSCc1ccccc1C#N. The van der Waals surface area contributed by atoms with Crippen LogP contribution >= 0.6 is 24.0 Å². The highest BCUT2D eigenvalue weighted by atomic mass is 32.2. The van der Waals surface area contributed by atoms with Gasteiger partial charge in [-0.1, -0.05) is 18.2 Å². The average Bonchev–Trinajstić information content (AvgIpc) is 2.38. The molecule has 1 aromatic rings. The minimum atomic E-state index is 0.669. The molecule has 0 atom stereocenters. The van der Waals surface area contributed by atoms with Crippen LogP contribution in [0.5, 0.6) is 0 Å². The summed E-state index contributed by atoms with van der Waals surface area (Å²) in [5.41, 5.74) is 1.86. The maximum absolute atomic E-state index is 8.93. The second-order valence-corrected chi connectivity index (χ2v) is 4.84. The first kappa shape index (κ1) is 13.8. The van der Waals surface area contributed by atoms with Crippen molar-refractivity contribution < 1.29 is 0 Å². The molecular formula is C12H15N3S2. The summed E-state index contributed by atoms with van der Waals surface area (Å²) in [5, 5.41) is 15.5. The van der Waals surface area contributed by atoms with Crippen molar-refractivity contribution in [2.45, 2.75) is 5.75 Å². The highest BCUT2D eigenvalue weighted by molar-refractivity contribution is 7.98. The fraction of sp³-hybridized carbons (Fsp3) is 0.333. The third-order valence-electron chi connectivity index (χ3n) is 2.15. The molecule has 17 heavy (non-hydrogen) atoms. The predicted octanol–water partition coefficient (Wildman–Crippen LogP) is 1.89. The van der Waals surface area contributed by atoms with E-state index in [4.69, 9.17) is 17.5 Å². The number of rotatable bonds is 5. The minimum absolute atomic E-state index is 0.669. The molecule has 90 valence electrons. The summed E-state index contributed by atoms with van der Waals surface area (Å²) < 4.78 is 0. The van der Waals surface area contributed by atoms with Gasteiger partial charge in [0.25, 0.3) is 0 Å². The van der Waals surface area contributed by atoms with Gasteiger partial charge in [0.15, 0.2) is 5.11 Å². The maximum atomic E-state index is 8.93. The fourth-order valence-corrected chi connectivity index (χ4v) is 2.23. The van der Waals surface area contributed by atoms with Crippen LogP contribution in [0.15, 0.2) is 24.3 Å². The molecule has 0 aliphatic carbocycles. The van der Waals surface area contributed by atoms with E-state index in [-0.39, 0.29) is 0 Å². The highest BCUT2D eigenvalue weighted by Gasteiger charge is 2.00. The molecule has 0 heterocycles. The average molecular weight is 265 g/mol. The van der Waals surface area contributed by atoms with Crippen LogP contribution in [0.25, 0.3) is 0 Å². The van der Waals surface area contributed by atoms with E-state index in [1.807, 2.05) is 24.3 Å². The van der Waals surface area contributed by atoms with Crippen molar-refractivity contribution in [2.24, 2.45) is 0 Å². The van der Waals surface area contributed by atoms with Crippen LogP contribution < -0.4 is 10.6 Å². The van der Waals surface area contributed by atoms with E-state index in [0.29, 0.717) is 5.11 Å². The van der Waals surface area contributed by atoms with Gasteiger partial charge in [0.05, 0.1) is 11.6 Å². The molecule has 0 fully saturated rings. The van der Waals surface area contributed by atoms with Gasteiger partial charge < -0.3 is 10.6 Å². The molecule has 1 rings (SSSR count). The number of nitrogens with zero attached hydrogens (tertiary/aromatic N) is 1. The van der Waals surface area contributed by atoms with E-state index in [1.165, 1.54) is 0 Å². The number of thioether (sulfide) groups is 1. The van der Waals surface area contributed by atoms with Gasteiger partial charge in [0, 0.05) is 25.1 Å². The van der Waals surface area contributed by atoms with Crippen molar-refractivity contribution in [1.29, 1.82) is 5.26 Å². The standard InChI is InChI=1S/C12H15N3S2/c1-14-12(16)15-6-7-17-9-11-5-3-2-4-10(11)8-13/h2-5H,6-7,9H2,1H3,(H2,14,15,16). The summed E-state index contributed by atoms with van der Waals surface area (Å²) in [6, 6.07) is 9.90. The zero-order valence-corrected chi connectivity index (χ0v) is 11.3. The lowest BCUT2D eigenvalue weighted by Crippen LogP contribution is -2.33. The van der Waals surface area contributed by atoms with Gasteiger partial charge in [-0.05, 0) is 23.8 Å². The first-order chi connectivity index (χ1) is 8.27. The lowest BCUT2D eigenvalue weighted by atomic mass is 10.1. The Morgan fingerprint density at radius 1 is 1.47 bits per heavy atom. The molecule has 1 aromatic carbocycles. The smallest absolute Gasteiger partial charge is 0.166 e. The topological polar surface area (TPSA) is 47.8 Å². The fourth-order valence-electron chi connectivity index (χ4n) is 1.26. The van der Waals surface area contributed by atoms with E-state index >= 15 is 0 Å². The monoisotopic (exact) mass is 265 g/mol. The molecule has 0 aliphatic heterocycles. The van der Waals surface area contributed by atoms with E-state index < -0.39 is 0 Å². The van der Waals surface area contributed by atoms with E-state index in [2.05, 4.69) is 16.7 Å². The summed E-state index contributed by atoms with van der Waals surface area (Å²) in [6.07, 6.45) is 0. The molecule has 0 aliphatic rings. The van der Waals surface area contributed by atoms with Gasteiger partial charge in [-0.15, -0.1) is 0 Å². The summed E-state index contributed by atoms with van der Waals surface area (Å²) in [5.74, 6) is 1.82. The van der Waals surface area contributed by atoms with Crippen molar-refractivity contribution in [2.75, 3.05) is 19.3 Å². The summed E-state index contributed by atoms with van der Waals surface area (Å²) >= 11 is 6.75. The van der Waals surface area contributed by atoms with Crippen molar-refractivity contribution in [3.05, 3.63) is 35.4 Å². The third kappa shape index (κ3) is 5.07. The molecule has 0 unspecified atom stereocenters. The zero-order chi connectivity index (χ0) is 12.5. The van der Waals surface area contributed by atoms with Crippen LogP contribution in [0.4, 0.5) is 0 Å². The van der Waals surface area contributed by atoms with Gasteiger partial charge in [0.1, 0.15) is 0 Å². The lowest BCUT2D eigenvalue weighted by Gasteiger charge is -2.07. The van der Waals surface area contributed by atoms with Crippen LogP contribution in [0.1, 0.15) is 11.1 Å². The Bertz CT molecular complexity index is 412. The molecule has 0 amide bonds. The Labute approximate surface area is 112 Å². The molecule has 5 heteroatoms. The number of nitriles is 1. The molecule has 2 N–H and O–H groups in total. The Balaban J connectivity index is 2.27.